The highest BCUT2D eigenvalue weighted by Gasteiger charge is 2.34. The first-order valence-corrected chi connectivity index (χ1v) is 13.8. The van der Waals surface area contributed by atoms with Crippen LogP contribution in [0.4, 0.5) is 18.0 Å². The van der Waals surface area contributed by atoms with E-state index in [0.29, 0.717) is 26.1 Å². The summed E-state index contributed by atoms with van der Waals surface area (Å²) >= 11 is 0. The number of sulfonamides is 1. The number of benzene rings is 2. The zero-order valence-electron chi connectivity index (χ0n) is 21.4. The van der Waals surface area contributed by atoms with Crippen LogP contribution in [0.1, 0.15) is 31.4 Å². The molecule has 38 heavy (non-hydrogen) atoms. The highest BCUT2D eigenvalue weighted by atomic mass is 32.2. The molecule has 1 aliphatic heterocycles. The molecule has 0 unspecified atom stereocenters. The van der Waals surface area contributed by atoms with Crippen molar-refractivity contribution in [3.8, 4) is 0 Å². The van der Waals surface area contributed by atoms with Crippen molar-refractivity contribution in [3.63, 3.8) is 0 Å². The predicted octanol–water partition coefficient (Wildman–Crippen LogP) is 3.81. The molecule has 8 nitrogen and oxygen atoms in total. The Morgan fingerprint density at radius 2 is 1.79 bits per heavy atom. The van der Waals surface area contributed by atoms with Gasteiger partial charge in [-0.2, -0.15) is 17.5 Å². The average molecular weight is 558 g/mol. The number of halogens is 3. The van der Waals surface area contributed by atoms with Gasteiger partial charge in [0.1, 0.15) is 6.10 Å². The predicted molar refractivity (Wildman–Crippen MR) is 136 cm³/mol. The topological polar surface area (TPSA) is 111 Å². The molecule has 210 valence electrons. The third kappa shape index (κ3) is 8.42. The van der Waals surface area contributed by atoms with E-state index in [9.17, 15) is 26.4 Å². The number of ether oxygens (including phenoxy) is 2. The van der Waals surface area contributed by atoms with Gasteiger partial charge in [0.05, 0.1) is 29.7 Å². The number of carbonyl (C=O) groups excluding carboxylic acids is 1. The summed E-state index contributed by atoms with van der Waals surface area (Å²) in [5, 5.41) is 2.78. The van der Waals surface area contributed by atoms with Crippen LogP contribution in [-0.2, 0) is 32.1 Å². The van der Waals surface area contributed by atoms with Crippen LogP contribution in [0, 0.1) is 5.92 Å². The van der Waals surface area contributed by atoms with Crippen LogP contribution in [0.2, 0.25) is 0 Å². The zero-order chi connectivity index (χ0) is 27.9. The molecule has 2 aromatic carbocycles. The lowest BCUT2D eigenvalue weighted by Gasteiger charge is -2.31. The monoisotopic (exact) mass is 557 g/mol. The number of nitrogens with zero attached hydrogens (tertiary/aromatic N) is 1. The fraction of sp³-hybridized carbons (Fsp3) is 0.500. The van der Waals surface area contributed by atoms with Crippen molar-refractivity contribution in [2.75, 3.05) is 26.3 Å². The summed E-state index contributed by atoms with van der Waals surface area (Å²) in [7, 11) is -4.18. The third-order valence-corrected chi connectivity index (χ3v) is 7.93. The molecule has 3 atom stereocenters. The average Bonchev–Trinajstić information content (AvgIpc) is 3.36. The number of nitrogens with one attached hydrogen (secondary N) is 1. The summed E-state index contributed by atoms with van der Waals surface area (Å²) in [6.07, 6.45) is -4.75. The van der Waals surface area contributed by atoms with Gasteiger partial charge in [-0.3, -0.25) is 0 Å². The highest BCUT2D eigenvalue weighted by Crippen LogP contribution is 2.30. The van der Waals surface area contributed by atoms with Crippen molar-refractivity contribution < 1.29 is 35.9 Å². The summed E-state index contributed by atoms with van der Waals surface area (Å²) in [5.41, 5.74) is 6.44. The number of nitrogens with two attached hydrogens (primary N) is 1. The molecule has 1 heterocycles. The molecule has 2 aromatic rings. The maximum atomic E-state index is 13.5. The van der Waals surface area contributed by atoms with Crippen molar-refractivity contribution in [2.45, 2.75) is 55.9 Å². The van der Waals surface area contributed by atoms with E-state index >= 15 is 0 Å². The first kappa shape index (κ1) is 29.9. The second-order valence-corrected chi connectivity index (χ2v) is 11.7. The van der Waals surface area contributed by atoms with E-state index < -0.39 is 39.9 Å². The summed E-state index contributed by atoms with van der Waals surface area (Å²) in [5.74, 6) is -0.0979. The lowest BCUT2D eigenvalue weighted by atomic mass is 9.99. The highest BCUT2D eigenvalue weighted by molar-refractivity contribution is 7.89. The van der Waals surface area contributed by atoms with Gasteiger partial charge < -0.3 is 20.5 Å². The summed E-state index contributed by atoms with van der Waals surface area (Å²) < 4.78 is 77.7. The largest absolute Gasteiger partial charge is 0.444 e. The first-order chi connectivity index (χ1) is 17.9. The number of rotatable bonds is 11. The second kappa shape index (κ2) is 12.9. The quantitative estimate of drug-likeness (QED) is 0.435. The molecule has 0 aromatic heterocycles. The van der Waals surface area contributed by atoms with Crippen molar-refractivity contribution in [1.82, 2.24) is 9.62 Å². The minimum Gasteiger partial charge on any atom is -0.444 e. The molecule has 12 heteroatoms. The van der Waals surface area contributed by atoms with E-state index in [-0.39, 0.29) is 30.0 Å². The normalized spacial score (nSPS) is 17.9. The molecule has 3 rings (SSSR count). The van der Waals surface area contributed by atoms with E-state index in [0.717, 1.165) is 34.1 Å². The standard InChI is InChI=1S/C26H34F3N3O5S/c1-18(2)15-32(38(34,35)22-10-8-20(9-11-22)26(27,28)29)16-23(30)24(14-19-6-4-3-5-7-19)31-25(33)37-21-12-13-36-17-21/h3-11,18,21,23-24H,12-17,30H2,1-2H3,(H,31,33)/t21-,23+,24-/m0/s1. The molecular weight excluding hydrogens is 523 g/mol. The van der Waals surface area contributed by atoms with Gasteiger partial charge in [0.15, 0.2) is 0 Å². The van der Waals surface area contributed by atoms with Crippen LogP contribution < -0.4 is 11.1 Å². The van der Waals surface area contributed by atoms with Gasteiger partial charge in [-0.15, -0.1) is 0 Å². The Morgan fingerprint density at radius 1 is 1.13 bits per heavy atom. The Balaban J connectivity index is 1.82. The van der Waals surface area contributed by atoms with E-state index in [1.165, 1.54) is 0 Å². The molecule has 0 aliphatic carbocycles. The molecule has 1 amide bonds. The van der Waals surface area contributed by atoms with Crippen LogP contribution >= 0.6 is 0 Å². The van der Waals surface area contributed by atoms with Crippen LogP contribution in [0.5, 0.6) is 0 Å². The van der Waals surface area contributed by atoms with Crippen LogP contribution in [0.25, 0.3) is 0 Å². The maximum Gasteiger partial charge on any atom is 0.416 e. The van der Waals surface area contributed by atoms with Gasteiger partial charge in [-0.05, 0) is 42.2 Å². The minimum atomic E-state index is -4.59. The Hall–Kier alpha value is -2.67. The van der Waals surface area contributed by atoms with Crippen molar-refractivity contribution >= 4 is 16.1 Å². The van der Waals surface area contributed by atoms with E-state index in [1.54, 1.807) is 0 Å². The number of alkyl halides is 3. The van der Waals surface area contributed by atoms with Gasteiger partial charge in [0.25, 0.3) is 0 Å². The summed E-state index contributed by atoms with van der Waals surface area (Å²) in [4.78, 5) is 12.4. The number of hydrogen-bond acceptors (Lipinski definition) is 6. The van der Waals surface area contributed by atoms with Gasteiger partial charge in [-0.1, -0.05) is 44.2 Å². The van der Waals surface area contributed by atoms with Crippen molar-refractivity contribution in [1.29, 1.82) is 0 Å². The number of alkyl carbamates (subject to hydrolysis) is 1. The van der Waals surface area contributed by atoms with Crippen molar-refractivity contribution in [2.24, 2.45) is 11.7 Å². The maximum absolute atomic E-state index is 13.5. The molecule has 3 N–H and O–H groups in total. The van der Waals surface area contributed by atoms with E-state index in [4.69, 9.17) is 15.2 Å². The Morgan fingerprint density at radius 3 is 2.34 bits per heavy atom. The second-order valence-electron chi connectivity index (χ2n) is 9.73. The molecule has 0 radical (unpaired) electrons. The molecule has 1 saturated heterocycles. The van der Waals surface area contributed by atoms with Gasteiger partial charge in [0.2, 0.25) is 10.0 Å². The molecule has 1 fully saturated rings. The van der Waals surface area contributed by atoms with E-state index in [2.05, 4.69) is 5.32 Å². The van der Waals surface area contributed by atoms with Gasteiger partial charge in [-0.25, -0.2) is 13.2 Å². The molecule has 0 spiro atoms. The van der Waals surface area contributed by atoms with E-state index in [1.807, 2.05) is 44.2 Å². The Bertz CT molecular complexity index is 1140. The molecule has 0 saturated carbocycles. The van der Waals surface area contributed by atoms with Crippen molar-refractivity contribution in [3.05, 3.63) is 65.7 Å². The molecular formula is C26H34F3N3O5S. The number of amides is 1. The third-order valence-electron chi connectivity index (χ3n) is 6.08. The molecule has 0 bridgehead atoms. The number of hydrogen-bond donors (Lipinski definition) is 2. The zero-order valence-corrected chi connectivity index (χ0v) is 22.2. The lowest BCUT2D eigenvalue weighted by Crippen LogP contribution is -2.55. The minimum absolute atomic E-state index is 0.0823. The first-order valence-electron chi connectivity index (χ1n) is 12.4. The number of carbonyl (C=O) groups is 1. The van der Waals surface area contributed by atoms with Crippen LogP contribution in [0.3, 0.4) is 0 Å². The van der Waals surface area contributed by atoms with Gasteiger partial charge >= 0.3 is 12.3 Å². The SMILES string of the molecule is CC(C)CN(C[C@@H](N)[C@H](Cc1ccccc1)NC(=O)O[C@H]1CCOC1)S(=O)(=O)c1ccc(C(F)(F)F)cc1. The van der Waals surface area contributed by atoms with Gasteiger partial charge in [0, 0.05) is 25.6 Å². The Labute approximate surface area is 221 Å². The van der Waals surface area contributed by atoms with Crippen LogP contribution in [-0.4, -0.2) is 63.3 Å². The lowest BCUT2D eigenvalue weighted by molar-refractivity contribution is -0.137. The molecule has 1 aliphatic rings. The summed E-state index contributed by atoms with van der Waals surface area (Å²) in [6, 6.07) is 11.1. The summed E-state index contributed by atoms with van der Waals surface area (Å²) in [6.45, 7) is 4.35. The van der Waals surface area contributed by atoms with Crippen LogP contribution in [0.15, 0.2) is 59.5 Å². The smallest absolute Gasteiger partial charge is 0.416 e. The fourth-order valence-corrected chi connectivity index (χ4v) is 5.77. The Kier molecular flexibility index (Phi) is 10.2. The fourth-order valence-electron chi connectivity index (χ4n) is 4.13.